The van der Waals surface area contributed by atoms with Crippen LogP contribution < -0.4 is 0 Å². The lowest BCUT2D eigenvalue weighted by Gasteiger charge is -2.26. The van der Waals surface area contributed by atoms with Crippen molar-refractivity contribution in [3.63, 3.8) is 0 Å². The van der Waals surface area contributed by atoms with Gasteiger partial charge in [0.1, 0.15) is 8.07 Å². The third-order valence-electron chi connectivity index (χ3n) is 3.69. The molecule has 0 aromatic heterocycles. The molecule has 0 aromatic carbocycles. The van der Waals surface area contributed by atoms with Crippen LogP contribution in [-0.4, -0.2) is 22.9 Å². The van der Waals surface area contributed by atoms with Gasteiger partial charge in [-0.3, -0.25) is 0 Å². The van der Waals surface area contributed by atoms with Crippen LogP contribution >= 0.6 is 0 Å². The molecule has 0 radical (unpaired) electrons. The predicted molar refractivity (Wildman–Crippen MR) is 121 cm³/mol. The quantitative estimate of drug-likeness (QED) is 0.190. The highest BCUT2D eigenvalue weighted by Gasteiger charge is 2.25. The lowest BCUT2D eigenvalue weighted by Crippen LogP contribution is -2.29. The highest BCUT2D eigenvalue weighted by molar-refractivity contribution is 6.86. The predicted octanol–water partition coefficient (Wildman–Crippen LogP) is 6.58. The van der Waals surface area contributed by atoms with E-state index in [1.807, 2.05) is 18.2 Å². The highest BCUT2D eigenvalue weighted by atomic mass is 28.3. The molecule has 0 aliphatic heterocycles. The van der Waals surface area contributed by atoms with Crippen LogP contribution in [0.5, 0.6) is 0 Å². The molecule has 0 unspecified atom stereocenters. The van der Waals surface area contributed by atoms with E-state index in [0.717, 1.165) is 19.1 Å². The Kier molecular flexibility index (Phi) is 10.0. The zero-order valence-electron chi connectivity index (χ0n) is 16.7. The summed E-state index contributed by atoms with van der Waals surface area (Å²) in [5, 5.41) is 1.50. The minimum absolute atomic E-state index is 0.467. The molecule has 0 aliphatic carbocycles. The Hall–Kier alpha value is -1.24. The van der Waals surface area contributed by atoms with Gasteiger partial charge in [0.25, 0.3) is 0 Å². The molecule has 0 heterocycles. The molecule has 0 bridgehead atoms. The zero-order chi connectivity index (χ0) is 18.8. The smallest absolute Gasteiger partial charge is 0.127 e. The van der Waals surface area contributed by atoms with Crippen LogP contribution in [0, 0.1) is 11.5 Å². The standard InChI is InChI=1S/C21H35BSi2/c1-10-15-20(22(17-11-2)18-12-3)21(24(7,8)9)16-13-14-19-23(4,5)6/h10-13,16H,1-3,15,17-18H2,4-9H3/b16-13+,21-20-. The third-order valence-corrected chi connectivity index (χ3v) is 6.69. The molecule has 0 aromatic rings. The van der Waals surface area contributed by atoms with Crippen LogP contribution in [0.4, 0.5) is 0 Å². The van der Waals surface area contributed by atoms with Gasteiger partial charge in [-0.2, -0.15) is 0 Å². The molecule has 0 fully saturated rings. The Morgan fingerprint density at radius 3 is 1.83 bits per heavy atom. The van der Waals surface area contributed by atoms with Gasteiger partial charge in [0.15, 0.2) is 6.71 Å². The van der Waals surface area contributed by atoms with E-state index in [0.29, 0.717) is 6.71 Å². The van der Waals surface area contributed by atoms with E-state index in [4.69, 9.17) is 0 Å². The van der Waals surface area contributed by atoms with E-state index >= 15 is 0 Å². The molecule has 0 saturated heterocycles. The Balaban J connectivity index is 6.04. The van der Waals surface area contributed by atoms with Crippen molar-refractivity contribution in [1.82, 2.24) is 0 Å². The molecule has 3 heteroatoms. The summed E-state index contributed by atoms with van der Waals surface area (Å²) in [4.78, 5) is 0. The van der Waals surface area contributed by atoms with Gasteiger partial charge in [-0.15, -0.1) is 25.3 Å². The van der Waals surface area contributed by atoms with Crippen LogP contribution in [0.2, 0.25) is 51.9 Å². The fourth-order valence-corrected chi connectivity index (χ4v) is 5.03. The molecule has 0 rings (SSSR count). The Labute approximate surface area is 153 Å². The molecule has 0 atom stereocenters. The molecule has 0 saturated carbocycles. The molecule has 0 nitrogen and oxygen atoms in total. The van der Waals surface area contributed by atoms with Crippen molar-refractivity contribution in [2.45, 2.75) is 58.3 Å². The van der Waals surface area contributed by atoms with Gasteiger partial charge in [-0.05, 0) is 12.5 Å². The van der Waals surface area contributed by atoms with Crippen molar-refractivity contribution in [3.8, 4) is 11.5 Å². The van der Waals surface area contributed by atoms with E-state index < -0.39 is 16.1 Å². The van der Waals surface area contributed by atoms with Crippen LogP contribution in [0.25, 0.3) is 0 Å². The van der Waals surface area contributed by atoms with E-state index in [9.17, 15) is 0 Å². The highest BCUT2D eigenvalue weighted by Crippen LogP contribution is 2.27. The molecule has 0 N–H and O–H groups in total. The first kappa shape index (κ1) is 22.8. The Morgan fingerprint density at radius 1 is 0.917 bits per heavy atom. The minimum Gasteiger partial charge on any atom is -0.127 e. The number of rotatable bonds is 9. The van der Waals surface area contributed by atoms with Crippen molar-refractivity contribution in [2.24, 2.45) is 0 Å². The van der Waals surface area contributed by atoms with Gasteiger partial charge in [0.05, 0.1) is 8.07 Å². The molecular formula is C21H35BSi2. The second kappa shape index (κ2) is 10.6. The fraction of sp³-hybridized carbons (Fsp3) is 0.429. The Morgan fingerprint density at radius 2 is 1.46 bits per heavy atom. The topological polar surface area (TPSA) is 0 Å². The number of allylic oxidation sites excluding steroid dienone is 7. The summed E-state index contributed by atoms with van der Waals surface area (Å²) >= 11 is 0. The summed E-state index contributed by atoms with van der Waals surface area (Å²) in [5.41, 5.74) is 4.92. The van der Waals surface area contributed by atoms with Crippen LogP contribution in [0.3, 0.4) is 0 Å². The van der Waals surface area contributed by atoms with Crippen molar-refractivity contribution in [3.05, 3.63) is 60.8 Å². The van der Waals surface area contributed by atoms with Gasteiger partial charge < -0.3 is 0 Å². The van der Waals surface area contributed by atoms with E-state index in [1.54, 1.807) is 0 Å². The average molecular weight is 354 g/mol. The molecule has 0 aliphatic rings. The summed E-state index contributed by atoms with van der Waals surface area (Å²) in [6.07, 6.45) is 13.3. The first-order valence-corrected chi connectivity index (χ1v) is 15.8. The number of hydrogen-bond donors (Lipinski definition) is 0. The van der Waals surface area contributed by atoms with Crippen molar-refractivity contribution in [2.75, 3.05) is 0 Å². The lowest BCUT2D eigenvalue weighted by atomic mass is 9.39. The molecular weight excluding hydrogens is 319 g/mol. The molecule has 24 heavy (non-hydrogen) atoms. The van der Waals surface area contributed by atoms with Gasteiger partial charge >= 0.3 is 0 Å². The second-order valence-corrected chi connectivity index (χ2v) is 18.1. The van der Waals surface area contributed by atoms with Crippen molar-refractivity contribution < 1.29 is 0 Å². The van der Waals surface area contributed by atoms with Crippen LogP contribution in [-0.2, 0) is 0 Å². The lowest BCUT2D eigenvalue weighted by molar-refractivity contribution is 1.29. The third kappa shape index (κ3) is 9.15. The van der Waals surface area contributed by atoms with Gasteiger partial charge in [0.2, 0.25) is 0 Å². The monoisotopic (exact) mass is 354 g/mol. The molecule has 130 valence electrons. The maximum Gasteiger partial charge on any atom is 0.178 e. The summed E-state index contributed by atoms with van der Waals surface area (Å²) in [5.74, 6) is 3.28. The van der Waals surface area contributed by atoms with Crippen molar-refractivity contribution in [1.29, 1.82) is 0 Å². The van der Waals surface area contributed by atoms with Gasteiger partial charge in [0, 0.05) is 0 Å². The minimum atomic E-state index is -1.48. The first-order chi connectivity index (χ1) is 11.1. The first-order valence-electron chi connectivity index (χ1n) is 8.82. The van der Waals surface area contributed by atoms with Gasteiger partial charge in [-0.1, -0.05) is 92.8 Å². The SMILES string of the molecule is C=CCB(CC=C)/C(CC=C)=C(/C=C/C#C[Si](C)(C)C)[Si](C)(C)C. The van der Waals surface area contributed by atoms with Crippen LogP contribution in [0.15, 0.2) is 60.8 Å². The van der Waals surface area contributed by atoms with E-state index in [1.165, 1.54) is 10.7 Å². The summed E-state index contributed by atoms with van der Waals surface area (Å²) in [6, 6.07) is 0. The van der Waals surface area contributed by atoms with Crippen LogP contribution in [0.1, 0.15) is 6.42 Å². The average Bonchev–Trinajstić information content (AvgIpc) is 2.43. The maximum atomic E-state index is 3.98. The van der Waals surface area contributed by atoms with E-state index in [2.05, 4.69) is 82.6 Å². The fourth-order valence-electron chi connectivity index (χ4n) is 2.66. The normalized spacial score (nSPS) is 12.9. The van der Waals surface area contributed by atoms with E-state index in [-0.39, 0.29) is 0 Å². The Bertz CT molecular complexity index is 547. The summed E-state index contributed by atoms with van der Waals surface area (Å²) in [6.45, 7) is 26.4. The maximum absolute atomic E-state index is 3.98. The van der Waals surface area contributed by atoms with Crippen molar-refractivity contribution >= 4 is 22.9 Å². The second-order valence-electron chi connectivity index (χ2n) is 8.28. The molecule has 0 spiro atoms. The summed E-state index contributed by atoms with van der Waals surface area (Å²) < 4.78 is 0. The largest absolute Gasteiger partial charge is 0.178 e. The zero-order valence-corrected chi connectivity index (χ0v) is 18.7. The summed E-state index contributed by atoms with van der Waals surface area (Å²) in [7, 11) is -2.81. The molecule has 0 amide bonds. The number of hydrogen-bond acceptors (Lipinski definition) is 0. The van der Waals surface area contributed by atoms with Gasteiger partial charge in [-0.25, -0.2) is 0 Å².